The van der Waals surface area contributed by atoms with Crippen LogP contribution >= 0.6 is 15.9 Å². The van der Waals surface area contributed by atoms with Crippen LogP contribution in [0.25, 0.3) is 0 Å². The molecule has 1 fully saturated rings. The molecule has 0 bridgehead atoms. The maximum Gasteiger partial charge on any atom is 0.0872 e. The summed E-state index contributed by atoms with van der Waals surface area (Å²) in [7, 11) is 0. The van der Waals surface area contributed by atoms with Crippen LogP contribution in [0.2, 0.25) is 0 Å². The Morgan fingerprint density at radius 1 is 1.56 bits per heavy atom. The third-order valence-electron chi connectivity index (χ3n) is 2.70. The van der Waals surface area contributed by atoms with Crippen molar-refractivity contribution in [3.63, 3.8) is 0 Å². The first-order valence-electron chi connectivity index (χ1n) is 5.58. The Hall–Kier alpha value is -0.580. The van der Waals surface area contributed by atoms with E-state index in [0.717, 1.165) is 36.4 Å². The van der Waals surface area contributed by atoms with Crippen molar-refractivity contribution < 1.29 is 4.74 Å². The number of anilines is 1. The van der Waals surface area contributed by atoms with E-state index in [1.807, 2.05) is 0 Å². The molecule has 0 amide bonds. The summed E-state index contributed by atoms with van der Waals surface area (Å²) < 4.78 is 6.77. The van der Waals surface area contributed by atoms with Crippen LogP contribution in [0.3, 0.4) is 0 Å². The largest absolute Gasteiger partial charge is 0.382 e. The molecule has 1 aliphatic rings. The van der Waals surface area contributed by atoms with Crippen LogP contribution in [0.5, 0.6) is 0 Å². The first-order chi connectivity index (χ1) is 7.75. The summed E-state index contributed by atoms with van der Waals surface area (Å²) in [5, 5.41) is 6.72. The molecule has 1 heterocycles. The fourth-order valence-corrected chi connectivity index (χ4v) is 1.98. The third-order valence-corrected chi connectivity index (χ3v) is 3.59. The van der Waals surface area contributed by atoms with Crippen molar-refractivity contribution in [1.29, 1.82) is 0 Å². The van der Waals surface area contributed by atoms with Crippen molar-refractivity contribution in [2.45, 2.75) is 13.0 Å². The van der Waals surface area contributed by atoms with Gasteiger partial charge in [0.05, 0.1) is 12.7 Å². The molecule has 1 atom stereocenters. The molecule has 0 radical (unpaired) electrons. The van der Waals surface area contributed by atoms with Gasteiger partial charge in [-0.15, -0.1) is 0 Å². The quantitative estimate of drug-likeness (QED) is 0.893. The number of rotatable bonds is 3. The van der Waals surface area contributed by atoms with Crippen LogP contribution in [0, 0.1) is 6.92 Å². The highest BCUT2D eigenvalue weighted by molar-refractivity contribution is 9.10. The van der Waals surface area contributed by atoms with Crippen molar-refractivity contribution >= 4 is 21.6 Å². The number of hydrogen-bond donors (Lipinski definition) is 2. The van der Waals surface area contributed by atoms with Gasteiger partial charge in [-0.05, 0) is 30.7 Å². The van der Waals surface area contributed by atoms with Crippen LogP contribution in [-0.2, 0) is 4.74 Å². The van der Waals surface area contributed by atoms with E-state index in [-0.39, 0.29) is 6.10 Å². The van der Waals surface area contributed by atoms with E-state index >= 15 is 0 Å². The molecule has 16 heavy (non-hydrogen) atoms. The van der Waals surface area contributed by atoms with Gasteiger partial charge < -0.3 is 15.4 Å². The predicted octanol–water partition coefficient (Wildman–Crippen LogP) is 2.16. The minimum atomic E-state index is 0.276. The molecule has 0 aliphatic carbocycles. The molecule has 0 aromatic heterocycles. The van der Waals surface area contributed by atoms with E-state index in [1.54, 1.807) is 0 Å². The maximum atomic E-state index is 5.62. The molecule has 3 nitrogen and oxygen atoms in total. The minimum absolute atomic E-state index is 0.276. The molecule has 2 N–H and O–H groups in total. The monoisotopic (exact) mass is 284 g/mol. The molecule has 2 rings (SSSR count). The van der Waals surface area contributed by atoms with Gasteiger partial charge in [-0.25, -0.2) is 0 Å². The molecule has 1 saturated heterocycles. The summed E-state index contributed by atoms with van der Waals surface area (Å²) in [6.07, 6.45) is 0.276. The second-order valence-electron chi connectivity index (χ2n) is 4.04. The molecular weight excluding hydrogens is 268 g/mol. The zero-order chi connectivity index (χ0) is 11.4. The van der Waals surface area contributed by atoms with Crippen molar-refractivity contribution in [1.82, 2.24) is 5.32 Å². The molecule has 1 aromatic carbocycles. The molecule has 4 heteroatoms. The lowest BCUT2D eigenvalue weighted by molar-refractivity contribution is 0.0372. The van der Waals surface area contributed by atoms with E-state index in [4.69, 9.17) is 4.74 Å². The Labute approximate surface area is 105 Å². The standard InChI is InChI=1S/C12H17BrN2O/c1-9-6-10(2-3-12(9)13)15-8-11-7-14-4-5-16-11/h2-3,6,11,14-15H,4-5,7-8H2,1H3. The van der Waals surface area contributed by atoms with Crippen LogP contribution < -0.4 is 10.6 Å². The van der Waals surface area contributed by atoms with Gasteiger partial charge in [-0.2, -0.15) is 0 Å². The average Bonchev–Trinajstić information content (AvgIpc) is 2.32. The van der Waals surface area contributed by atoms with Crippen LogP contribution in [0.1, 0.15) is 5.56 Å². The van der Waals surface area contributed by atoms with Gasteiger partial charge >= 0.3 is 0 Å². The van der Waals surface area contributed by atoms with Gasteiger partial charge in [0.2, 0.25) is 0 Å². The Balaban J connectivity index is 1.86. The minimum Gasteiger partial charge on any atom is -0.382 e. The molecule has 1 aliphatic heterocycles. The molecule has 88 valence electrons. The molecule has 1 aromatic rings. The zero-order valence-electron chi connectivity index (χ0n) is 9.42. The van der Waals surface area contributed by atoms with Gasteiger partial charge in [-0.3, -0.25) is 0 Å². The molecular formula is C12H17BrN2O. The summed E-state index contributed by atoms with van der Waals surface area (Å²) in [5.74, 6) is 0. The number of ether oxygens (including phenoxy) is 1. The van der Waals surface area contributed by atoms with Crippen molar-refractivity contribution in [3.8, 4) is 0 Å². The summed E-state index contributed by atoms with van der Waals surface area (Å²) in [4.78, 5) is 0. The Morgan fingerprint density at radius 3 is 3.12 bits per heavy atom. The Kier molecular flexibility index (Phi) is 4.21. The van der Waals surface area contributed by atoms with Crippen LogP contribution in [-0.4, -0.2) is 32.3 Å². The van der Waals surface area contributed by atoms with Gasteiger partial charge in [0.1, 0.15) is 0 Å². The first kappa shape index (κ1) is 11.9. The summed E-state index contributed by atoms with van der Waals surface area (Å²) in [6.45, 7) is 5.66. The van der Waals surface area contributed by atoms with Gasteiger partial charge in [0, 0.05) is 29.8 Å². The maximum absolute atomic E-state index is 5.62. The zero-order valence-corrected chi connectivity index (χ0v) is 11.0. The Bertz CT molecular complexity index is 351. The highest BCUT2D eigenvalue weighted by atomic mass is 79.9. The molecule has 1 unspecified atom stereocenters. The lowest BCUT2D eigenvalue weighted by Gasteiger charge is -2.24. The second-order valence-corrected chi connectivity index (χ2v) is 4.90. The number of aryl methyl sites for hydroxylation is 1. The number of nitrogens with one attached hydrogen (secondary N) is 2. The number of halogens is 1. The lowest BCUT2D eigenvalue weighted by atomic mass is 10.2. The summed E-state index contributed by atoms with van der Waals surface area (Å²) >= 11 is 3.49. The SMILES string of the molecule is Cc1cc(NCC2CNCCO2)ccc1Br. The summed E-state index contributed by atoms with van der Waals surface area (Å²) in [5.41, 5.74) is 2.39. The van der Waals surface area contributed by atoms with E-state index < -0.39 is 0 Å². The topological polar surface area (TPSA) is 33.3 Å². The smallest absolute Gasteiger partial charge is 0.0872 e. The van der Waals surface area contributed by atoms with Crippen molar-refractivity contribution in [2.75, 3.05) is 31.6 Å². The van der Waals surface area contributed by atoms with E-state index in [9.17, 15) is 0 Å². The van der Waals surface area contributed by atoms with Crippen LogP contribution in [0.15, 0.2) is 22.7 Å². The van der Waals surface area contributed by atoms with Gasteiger partial charge in [0.15, 0.2) is 0 Å². The third kappa shape index (κ3) is 3.20. The lowest BCUT2D eigenvalue weighted by Crippen LogP contribution is -2.42. The van der Waals surface area contributed by atoms with Gasteiger partial charge in [0.25, 0.3) is 0 Å². The first-order valence-corrected chi connectivity index (χ1v) is 6.37. The molecule has 0 spiro atoms. The fourth-order valence-electron chi connectivity index (χ4n) is 1.74. The highest BCUT2D eigenvalue weighted by Crippen LogP contribution is 2.19. The normalized spacial score (nSPS) is 20.8. The van der Waals surface area contributed by atoms with Gasteiger partial charge in [-0.1, -0.05) is 15.9 Å². The predicted molar refractivity (Wildman–Crippen MR) is 70.0 cm³/mol. The Morgan fingerprint density at radius 2 is 2.44 bits per heavy atom. The van der Waals surface area contributed by atoms with E-state index in [2.05, 4.69) is 51.7 Å². The van der Waals surface area contributed by atoms with Crippen molar-refractivity contribution in [3.05, 3.63) is 28.2 Å². The number of hydrogen-bond acceptors (Lipinski definition) is 3. The molecule has 0 saturated carbocycles. The second kappa shape index (κ2) is 5.66. The number of morpholine rings is 1. The van der Waals surface area contributed by atoms with Crippen molar-refractivity contribution in [2.24, 2.45) is 0 Å². The number of benzene rings is 1. The van der Waals surface area contributed by atoms with E-state index in [1.165, 1.54) is 5.56 Å². The average molecular weight is 285 g/mol. The highest BCUT2D eigenvalue weighted by Gasteiger charge is 2.12. The van der Waals surface area contributed by atoms with Crippen LogP contribution in [0.4, 0.5) is 5.69 Å². The fraction of sp³-hybridized carbons (Fsp3) is 0.500. The van der Waals surface area contributed by atoms with E-state index in [0.29, 0.717) is 0 Å². The summed E-state index contributed by atoms with van der Waals surface area (Å²) in [6, 6.07) is 6.28.